The van der Waals surface area contributed by atoms with Crippen molar-refractivity contribution >= 4 is 17.6 Å². The zero-order valence-corrected chi connectivity index (χ0v) is 14.8. The summed E-state index contributed by atoms with van der Waals surface area (Å²) in [6.07, 6.45) is 5.82. The maximum atomic E-state index is 13.2. The number of likely N-dealkylation sites (tertiary alicyclic amines) is 1. The maximum Gasteiger partial charge on any atom is 0.321 e. The van der Waals surface area contributed by atoms with Crippen LogP contribution < -0.4 is 10.6 Å². The lowest BCUT2D eigenvalue weighted by Gasteiger charge is -2.32. The predicted octanol–water partition coefficient (Wildman–Crippen LogP) is 3.52. The molecule has 0 spiro atoms. The number of hydrogen-bond donors (Lipinski definition) is 2. The van der Waals surface area contributed by atoms with Crippen LogP contribution in [0.15, 0.2) is 18.2 Å². The van der Waals surface area contributed by atoms with Crippen LogP contribution in [0.4, 0.5) is 19.3 Å². The molecule has 0 atom stereocenters. The molecule has 1 aliphatic carbocycles. The van der Waals surface area contributed by atoms with Crippen molar-refractivity contribution in [2.75, 3.05) is 25.0 Å². The fourth-order valence-electron chi connectivity index (χ4n) is 3.47. The molecule has 2 aliphatic rings. The number of benzene rings is 1. The van der Waals surface area contributed by atoms with E-state index >= 15 is 0 Å². The minimum absolute atomic E-state index is 0.119. The third-order valence-corrected chi connectivity index (χ3v) is 5.34. The van der Waals surface area contributed by atoms with Crippen LogP contribution in [0, 0.1) is 23.5 Å². The molecule has 1 saturated heterocycles. The van der Waals surface area contributed by atoms with Crippen molar-refractivity contribution in [1.82, 2.24) is 10.2 Å². The number of nitrogens with zero attached hydrogens (tertiary/aromatic N) is 1. The maximum absolute atomic E-state index is 13.2. The van der Waals surface area contributed by atoms with E-state index < -0.39 is 11.6 Å². The number of piperidine rings is 1. The molecule has 3 rings (SSSR count). The minimum atomic E-state index is -0.719. The van der Waals surface area contributed by atoms with Gasteiger partial charge >= 0.3 is 6.03 Å². The van der Waals surface area contributed by atoms with E-state index in [1.165, 1.54) is 0 Å². The van der Waals surface area contributed by atoms with Crippen molar-refractivity contribution < 1.29 is 18.4 Å². The Balaban J connectivity index is 1.37. The van der Waals surface area contributed by atoms with Crippen LogP contribution in [0.25, 0.3) is 0 Å². The predicted molar refractivity (Wildman–Crippen MR) is 94.6 cm³/mol. The Bertz CT molecular complexity index is 636. The molecule has 3 amide bonds. The number of nitrogens with one attached hydrogen (secondary N) is 2. The molecule has 1 saturated carbocycles. The molecule has 0 unspecified atom stereocenters. The number of rotatable bonds is 5. The van der Waals surface area contributed by atoms with Gasteiger partial charge in [0.2, 0.25) is 5.91 Å². The van der Waals surface area contributed by atoms with Gasteiger partial charge in [-0.15, -0.1) is 0 Å². The smallest absolute Gasteiger partial charge is 0.321 e. The van der Waals surface area contributed by atoms with E-state index in [2.05, 4.69) is 10.6 Å². The van der Waals surface area contributed by atoms with Crippen molar-refractivity contribution in [3.05, 3.63) is 29.8 Å². The molecule has 7 heteroatoms. The van der Waals surface area contributed by atoms with Gasteiger partial charge in [0.05, 0.1) is 0 Å². The molecule has 2 N–H and O–H groups in total. The second-order valence-electron chi connectivity index (χ2n) is 7.23. The highest BCUT2D eigenvalue weighted by atomic mass is 19.1. The summed E-state index contributed by atoms with van der Waals surface area (Å²) in [4.78, 5) is 25.7. The number of urea groups is 1. The molecule has 26 heavy (non-hydrogen) atoms. The number of hydrogen-bond acceptors (Lipinski definition) is 2. The van der Waals surface area contributed by atoms with Gasteiger partial charge < -0.3 is 15.5 Å². The average molecular weight is 365 g/mol. The van der Waals surface area contributed by atoms with E-state index in [9.17, 15) is 18.4 Å². The zero-order chi connectivity index (χ0) is 18.5. The SMILES string of the molecule is O=C(NCCC1CCN(C(=O)Nc2cc(F)cc(F)c2)CC1)C1CCC1. The van der Waals surface area contributed by atoms with Gasteiger partial charge in [0.15, 0.2) is 0 Å². The van der Waals surface area contributed by atoms with Crippen molar-refractivity contribution in [1.29, 1.82) is 0 Å². The molecule has 5 nitrogen and oxygen atoms in total. The Hall–Kier alpha value is -2.18. The molecule has 142 valence electrons. The average Bonchev–Trinajstić information content (AvgIpc) is 2.52. The van der Waals surface area contributed by atoms with Gasteiger partial charge in [-0.3, -0.25) is 4.79 Å². The Kier molecular flexibility index (Phi) is 6.06. The van der Waals surface area contributed by atoms with Crippen molar-refractivity contribution in [3.63, 3.8) is 0 Å². The van der Waals surface area contributed by atoms with Crippen LogP contribution in [0.5, 0.6) is 0 Å². The molecule has 2 fully saturated rings. The van der Waals surface area contributed by atoms with Crippen LogP contribution in [-0.2, 0) is 4.79 Å². The molecule has 0 bridgehead atoms. The Morgan fingerprint density at radius 2 is 1.69 bits per heavy atom. The molecule has 0 radical (unpaired) electrons. The lowest BCUT2D eigenvalue weighted by Crippen LogP contribution is -2.42. The van der Waals surface area contributed by atoms with Crippen LogP contribution in [0.3, 0.4) is 0 Å². The van der Waals surface area contributed by atoms with Crippen LogP contribution in [-0.4, -0.2) is 36.5 Å². The summed E-state index contributed by atoms with van der Waals surface area (Å²) in [5, 5.41) is 5.55. The molecule has 0 aromatic heterocycles. The summed E-state index contributed by atoms with van der Waals surface area (Å²) >= 11 is 0. The van der Waals surface area contributed by atoms with Gasteiger partial charge in [0.1, 0.15) is 11.6 Å². The molecular weight excluding hydrogens is 340 g/mol. The Labute approximate surface area is 152 Å². The van der Waals surface area contributed by atoms with E-state index in [1.807, 2.05) is 0 Å². The molecular formula is C19H25F2N3O2. The first-order chi connectivity index (χ1) is 12.5. The normalized spacial score (nSPS) is 18.3. The van der Waals surface area contributed by atoms with Gasteiger partial charge in [-0.2, -0.15) is 0 Å². The highest BCUT2D eigenvalue weighted by Gasteiger charge is 2.26. The highest BCUT2D eigenvalue weighted by molar-refractivity contribution is 5.89. The summed E-state index contributed by atoms with van der Waals surface area (Å²) in [5.74, 6) is -0.568. The number of halogens is 2. The number of amides is 3. The van der Waals surface area contributed by atoms with E-state index in [1.54, 1.807) is 4.90 Å². The van der Waals surface area contributed by atoms with Crippen molar-refractivity contribution in [2.24, 2.45) is 11.8 Å². The van der Waals surface area contributed by atoms with Crippen LogP contribution >= 0.6 is 0 Å². The minimum Gasteiger partial charge on any atom is -0.356 e. The standard InChI is InChI=1S/C19H25F2N3O2/c20-15-10-16(21)12-17(11-15)23-19(26)24-8-5-13(6-9-24)4-7-22-18(25)14-2-1-3-14/h10-14H,1-9H2,(H,22,25)(H,23,26). The lowest BCUT2D eigenvalue weighted by molar-refractivity contribution is -0.127. The number of anilines is 1. The highest BCUT2D eigenvalue weighted by Crippen LogP contribution is 2.26. The van der Waals surface area contributed by atoms with Gasteiger partial charge in [0, 0.05) is 37.3 Å². The van der Waals surface area contributed by atoms with Gasteiger partial charge in [0.25, 0.3) is 0 Å². The van der Waals surface area contributed by atoms with E-state index in [4.69, 9.17) is 0 Å². The summed E-state index contributed by atoms with van der Waals surface area (Å²) in [5.41, 5.74) is 0.119. The van der Waals surface area contributed by atoms with E-state index in [0.717, 1.165) is 56.7 Å². The quantitative estimate of drug-likeness (QED) is 0.839. The van der Waals surface area contributed by atoms with Crippen molar-refractivity contribution in [3.8, 4) is 0 Å². The number of carbonyl (C=O) groups excluding carboxylic acids is 2. The topological polar surface area (TPSA) is 61.4 Å². The van der Waals surface area contributed by atoms with Crippen molar-refractivity contribution in [2.45, 2.75) is 38.5 Å². The van der Waals surface area contributed by atoms with Gasteiger partial charge in [-0.25, -0.2) is 13.6 Å². The Morgan fingerprint density at radius 3 is 2.27 bits per heavy atom. The monoisotopic (exact) mass is 365 g/mol. The first-order valence-electron chi connectivity index (χ1n) is 9.31. The van der Waals surface area contributed by atoms with Gasteiger partial charge in [-0.1, -0.05) is 6.42 Å². The van der Waals surface area contributed by atoms with Crippen LogP contribution in [0.1, 0.15) is 38.5 Å². The summed E-state index contributed by atoms with van der Waals surface area (Å²) < 4.78 is 26.4. The molecule has 1 aromatic carbocycles. The second-order valence-corrected chi connectivity index (χ2v) is 7.23. The molecule has 1 aromatic rings. The Morgan fingerprint density at radius 1 is 1.04 bits per heavy atom. The van der Waals surface area contributed by atoms with E-state index in [-0.39, 0.29) is 23.5 Å². The lowest BCUT2D eigenvalue weighted by atomic mass is 9.84. The summed E-state index contributed by atoms with van der Waals surface area (Å²) in [6, 6.07) is 2.62. The van der Waals surface area contributed by atoms with Gasteiger partial charge in [-0.05, 0) is 50.2 Å². The zero-order valence-electron chi connectivity index (χ0n) is 14.8. The summed E-state index contributed by atoms with van der Waals surface area (Å²) in [6.45, 7) is 1.89. The molecule has 1 heterocycles. The summed E-state index contributed by atoms with van der Waals surface area (Å²) in [7, 11) is 0. The third-order valence-electron chi connectivity index (χ3n) is 5.34. The fourth-order valence-corrected chi connectivity index (χ4v) is 3.47. The van der Waals surface area contributed by atoms with Crippen LogP contribution in [0.2, 0.25) is 0 Å². The largest absolute Gasteiger partial charge is 0.356 e. The molecule has 1 aliphatic heterocycles. The first-order valence-corrected chi connectivity index (χ1v) is 9.31. The first kappa shape index (κ1) is 18.6. The fraction of sp³-hybridized carbons (Fsp3) is 0.579. The van der Waals surface area contributed by atoms with E-state index in [0.29, 0.717) is 25.6 Å². The third kappa shape index (κ3) is 4.93. The second kappa shape index (κ2) is 8.47. The number of carbonyl (C=O) groups is 2.